The highest BCUT2D eigenvalue weighted by Gasteiger charge is 2.11. The van der Waals surface area contributed by atoms with E-state index in [0.717, 1.165) is 0 Å². The van der Waals surface area contributed by atoms with Crippen LogP contribution in [-0.4, -0.2) is 14.2 Å². The van der Waals surface area contributed by atoms with Gasteiger partial charge in [-0.25, -0.2) is 0 Å². The number of hydrogen-bond donors (Lipinski definition) is 0. The van der Waals surface area contributed by atoms with Gasteiger partial charge in [-0.1, -0.05) is 13.8 Å². The maximum atomic E-state index is 4.86. The summed E-state index contributed by atoms with van der Waals surface area (Å²) in [4.78, 5) is 0. The molecule has 0 unspecified atom stereocenters. The Balaban J connectivity index is 3.35. The molecule has 0 aliphatic carbocycles. The van der Waals surface area contributed by atoms with E-state index >= 15 is 0 Å². The lowest BCUT2D eigenvalue weighted by atomic mass is 10.2. The first-order valence-electron chi connectivity index (χ1n) is 2.67. The van der Waals surface area contributed by atoms with E-state index in [2.05, 4.69) is 0 Å². The van der Waals surface area contributed by atoms with Gasteiger partial charge in [-0.2, -0.15) is 0 Å². The molecule has 1 radical (unpaired) electrons. The molecule has 0 saturated heterocycles. The molecule has 0 atom stereocenters. The summed E-state index contributed by atoms with van der Waals surface area (Å²) in [5.74, 6) is 0.352. The highest BCUT2D eigenvalue weighted by molar-refractivity contribution is 4.67. The molecule has 2 heteroatoms. The standard InChI is InChI=1S/C6H13O2/c1-5(2)6(7-3)8-4/h5H,1-4H3. The molecule has 0 aromatic heterocycles. The van der Waals surface area contributed by atoms with Crippen LogP contribution in [-0.2, 0) is 9.47 Å². The number of hydrogen-bond acceptors (Lipinski definition) is 2. The van der Waals surface area contributed by atoms with Crippen LogP contribution in [0.25, 0.3) is 0 Å². The van der Waals surface area contributed by atoms with Crippen LogP contribution in [0.3, 0.4) is 0 Å². The summed E-state index contributed by atoms with van der Waals surface area (Å²) in [6.45, 7) is 4.03. The summed E-state index contributed by atoms with van der Waals surface area (Å²) in [7, 11) is 3.22. The summed E-state index contributed by atoms with van der Waals surface area (Å²) < 4.78 is 9.71. The first-order valence-corrected chi connectivity index (χ1v) is 2.67. The van der Waals surface area contributed by atoms with E-state index in [9.17, 15) is 0 Å². The second-order valence-corrected chi connectivity index (χ2v) is 1.88. The monoisotopic (exact) mass is 117 g/mol. The van der Waals surface area contributed by atoms with Gasteiger partial charge in [0.1, 0.15) is 0 Å². The molecule has 0 aliphatic heterocycles. The van der Waals surface area contributed by atoms with E-state index in [1.807, 2.05) is 13.8 Å². The molecule has 0 aliphatic rings. The second-order valence-electron chi connectivity index (χ2n) is 1.88. The van der Waals surface area contributed by atoms with Crippen molar-refractivity contribution < 1.29 is 9.47 Å². The molecule has 8 heavy (non-hydrogen) atoms. The summed E-state index contributed by atoms with van der Waals surface area (Å²) in [5, 5.41) is 0. The Morgan fingerprint density at radius 2 is 1.50 bits per heavy atom. The highest BCUT2D eigenvalue weighted by atomic mass is 16.7. The summed E-state index contributed by atoms with van der Waals surface area (Å²) in [5.41, 5.74) is 0. The summed E-state index contributed by atoms with van der Waals surface area (Å²) in [6.07, 6.45) is 0.685. The van der Waals surface area contributed by atoms with Crippen molar-refractivity contribution in [3.63, 3.8) is 0 Å². The lowest BCUT2D eigenvalue weighted by Gasteiger charge is -2.13. The van der Waals surface area contributed by atoms with Crippen molar-refractivity contribution in [3.8, 4) is 0 Å². The Hall–Kier alpha value is -0.0800. The second kappa shape index (κ2) is 3.87. The predicted molar refractivity (Wildman–Crippen MR) is 32.1 cm³/mol. The third kappa shape index (κ3) is 2.28. The van der Waals surface area contributed by atoms with Gasteiger partial charge in [0, 0.05) is 20.1 Å². The molecule has 49 valence electrons. The number of rotatable bonds is 3. The zero-order valence-corrected chi connectivity index (χ0v) is 5.89. The Kier molecular flexibility index (Phi) is 3.83. The van der Waals surface area contributed by atoms with E-state index in [1.165, 1.54) is 0 Å². The quantitative estimate of drug-likeness (QED) is 0.556. The average Bonchev–Trinajstić information content (AvgIpc) is 1.69. The zero-order valence-electron chi connectivity index (χ0n) is 5.89. The molecule has 2 nitrogen and oxygen atoms in total. The molecule has 0 amide bonds. The number of methoxy groups -OCH3 is 2. The highest BCUT2D eigenvalue weighted by Crippen LogP contribution is 2.12. The van der Waals surface area contributed by atoms with Gasteiger partial charge in [-0.3, -0.25) is 0 Å². The van der Waals surface area contributed by atoms with Gasteiger partial charge in [0.25, 0.3) is 0 Å². The summed E-state index contributed by atoms with van der Waals surface area (Å²) in [6, 6.07) is 0. The van der Waals surface area contributed by atoms with E-state index in [-0.39, 0.29) is 0 Å². The van der Waals surface area contributed by atoms with Gasteiger partial charge in [0.2, 0.25) is 6.29 Å². The normalized spacial score (nSPS) is 11.2. The molecular weight excluding hydrogens is 104 g/mol. The minimum Gasteiger partial charge on any atom is -0.349 e. The smallest absolute Gasteiger partial charge is 0.225 e. The van der Waals surface area contributed by atoms with Gasteiger partial charge in [-0.15, -0.1) is 0 Å². The molecule has 0 bridgehead atoms. The maximum Gasteiger partial charge on any atom is 0.225 e. The molecular formula is C6H13O2. The van der Waals surface area contributed by atoms with Crippen LogP contribution in [0.2, 0.25) is 0 Å². The fourth-order valence-corrected chi connectivity index (χ4v) is 0.555. The van der Waals surface area contributed by atoms with Gasteiger partial charge >= 0.3 is 0 Å². The topological polar surface area (TPSA) is 18.5 Å². The lowest BCUT2D eigenvalue weighted by Crippen LogP contribution is -2.09. The third-order valence-electron chi connectivity index (χ3n) is 0.874. The Morgan fingerprint density at radius 1 is 1.12 bits per heavy atom. The molecule has 0 heterocycles. The van der Waals surface area contributed by atoms with Crippen molar-refractivity contribution in [3.05, 3.63) is 6.29 Å². The molecule has 0 spiro atoms. The van der Waals surface area contributed by atoms with Crippen molar-refractivity contribution in [2.75, 3.05) is 14.2 Å². The molecule has 0 aromatic carbocycles. The molecule has 0 saturated carbocycles. The number of ether oxygens (including phenoxy) is 2. The van der Waals surface area contributed by atoms with Crippen molar-refractivity contribution >= 4 is 0 Å². The van der Waals surface area contributed by atoms with Crippen LogP contribution in [0.15, 0.2) is 0 Å². The first-order chi connectivity index (χ1) is 3.72. The van der Waals surface area contributed by atoms with E-state index in [0.29, 0.717) is 12.2 Å². The van der Waals surface area contributed by atoms with Crippen LogP contribution in [0, 0.1) is 12.2 Å². The molecule has 0 rings (SSSR count). The van der Waals surface area contributed by atoms with Crippen LogP contribution in [0.5, 0.6) is 0 Å². The van der Waals surface area contributed by atoms with Crippen molar-refractivity contribution in [1.82, 2.24) is 0 Å². The van der Waals surface area contributed by atoms with Crippen LogP contribution >= 0.6 is 0 Å². The Labute approximate surface area is 50.8 Å². The van der Waals surface area contributed by atoms with E-state index < -0.39 is 0 Å². The lowest BCUT2D eigenvalue weighted by molar-refractivity contribution is -0.0238. The molecule has 0 N–H and O–H groups in total. The van der Waals surface area contributed by atoms with E-state index in [1.54, 1.807) is 14.2 Å². The SMILES string of the molecule is CO[C](OC)C(C)C. The van der Waals surface area contributed by atoms with Crippen molar-refractivity contribution in [2.45, 2.75) is 13.8 Å². The summed E-state index contributed by atoms with van der Waals surface area (Å²) >= 11 is 0. The third-order valence-corrected chi connectivity index (χ3v) is 0.874. The minimum atomic E-state index is 0.352. The van der Waals surface area contributed by atoms with Gasteiger partial charge in [-0.05, 0) is 0 Å². The Bertz CT molecular complexity index is 48.5. The predicted octanol–water partition coefficient (Wildman–Crippen LogP) is 1.42. The Morgan fingerprint density at radius 3 is 1.50 bits per heavy atom. The van der Waals surface area contributed by atoms with Gasteiger partial charge < -0.3 is 9.47 Å². The largest absolute Gasteiger partial charge is 0.349 e. The minimum absolute atomic E-state index is 0.352. The van der Waals surface area contributed by atoms with Gasteiger partial charge in [0.15, 0.2) is 0 Å². The maximum absolute atomic E-state index is 4.86. The fourth-order valence-electron chi connectivity index (χ4n) is 0.555. The van der Waals surface area contributed by atoms with E-state index in [4.69, 9.17) is 9.47 Å². The van der Waals surface area contributed by atoms with Gasteiger partial charge in [0.05, 0.1) is 0 Å². The van der Waals surface area contributed by atoms with Crippen molar-refractivity contribution in [2.24, 2.45) is 5.92 Å². The van der Waals surface area contributed by atoms with Crippen LogP contribution in [0.1, 0.15) is 13.8 Å². The van der Waals surface area contributed by atoms with Crippen LogP contribution in [0.4, 0.5) is 0 Å². The zero-order chi connectivity index (χ0) is 6.57. The van der Waals surface area contributed by atoms with Crippen LogP contribution < -0.4 is 0 Å². The fraction of sp³-hybridized carbons (Fsp3) is 0.833. The first kappa shape index (κ1) is 7.92. The van der Waals surface area contributed by atoms with Crippen molar-refractivity contribution in [1.29, 1.82) is 0 Å². The molecule has 0 fully saturated rings. The molecule has 0 aromatic rings. The average molecular weight is 117 g/mol.